The molecule has 0 bridgehead atoms. The van der Waals surface area contributed by atoms with Crippen LogP contribution in [-0.2, 0) is 11.2 Å². The molecule has 2 aromatic carbocycles. The van der Waals surface area contributed by atoms with E-state index in [0.29, 0.717) is 57.0 Å². The minimum Gasteiger partial charge on any atom is -0.497 e. The number of imidazole rings is 1. The van der Waals surface area contributed by atoms with Gasteiger partial charge in [-0.25, -0.2) is 9.59 Å². The highest BCUT2D eigenvalue weighted by molar-refractivity contribution is 9.11. The van der Waals surface area contributed by atoms with E-state index in [9.17, 15) is 14.4 Å². The number of hydrogen-bond acceptors (Lipinski definition) is 6. The van der Waals surface area contributed by atoms with Crippen LogP contribution in [0.4, 0.5) is 10.5 Å². The second kappa shape index (κ2) is 15.7. The van der Waals surface area contributed by atoms with Crippen molar-refractivity contribution in [1.29, 1.82) is 0 Å². The fourth-order valence-corrected chi connectivity index (χ4v) is 8.99. The zero-order chi connectivity index (χ0) is 34.7. The van der Waals surface area contributed by atoms with E-state index in [-0.39, 0.29) is 23.7 Å². The number of nitrogen functional groups attached to an aromatic ring is 1. The Morgan fingerprint density at radius 3 is 2.18 bits per heavy atom. The van der Waals surface area contributed by atoms with Crippen molar-refractivity contribution in [2.24, 2.45) is 11.8 Å². The number of methoxy groups -OCH3 is 1. The molecular weight excluding hydrogens is 754 g/mol. The molecule has 0 spiro atoms. The van der Waals surface area contributed by atoms with Crippen LogP contribution >= 0.6 is 31.9 Å². The molecule has 3 amide bonds. The number of benzene rings is 2. The molecule has 0 saturated carbocycles. The number of nitrogens with two attached hydrogens (primary N) is 1. The van der Waals surface area contributed by atoms with Gasteiger partial charge in [0.1, 0.15) is 11.8 Å². The minimum atomic E-state index is -0.717. The number of rotatable bonds is 8. The van der Waals surface area contributed by atoms with Gasteiger partial charge in [0.25, 0.3) is 0 Å². The second-order valence-corrected chi connectivity index (χ2v) is 15.5. The van der Waals surface area contributed by atoms with Crippen LogP contribution in [0, 0.1) is 11.8 Å². The van der Waals surface area contributed by atoms with Gasteiger partial charge in [-0.1, -0.05) is 12.1 Å². The SMILES string of the molecule is COc1cccc(-c2cn(C3CCN(C(=O)N[C@H](Cc4cc(Br)c(N)c(Br)c4)C(=O)N4CCC(C5CCN(C)CC5)CC4)CC3)c(=O)[nH]2)c1. The van der Waals surface area contributed by atoms with Gasteiger partial charge < -0.3 is 35.5 Å². The fraction of sp³-hybridized carbons (Fsp3) is 0.528. The quantitative estimate of drug-likeness (QED) is 0.259. The summed E-state index contributed by atoms with van der Waals surface area (Å²) in [5, 5.41) is 3.11. The van der Waals surface area contributed by atoms with E-state index in [1.807, 2.05) is 47.5 Å². The third-order valence-corrected chi connectivity index (χ3v) is 12.0. The van der Waals surface area contributed by atoms with Gasteiger partial charge in [0, 0.05) is 59.3 Å². The van der Waals surface area contributed by atoms with Gasteiger partial charge in [0.05, 0.1) is 18.5 Å². The fourth-order valence-electron chi connectivity index (χ4n) is 7.71. The van der Waals surface area contributed by atoms with Gasteiger partial charge in [-0.15, -0.1) is 0 Å². The van der Waals surface area contributed by atoms with Crippen molar-refractivity contribution < 1.29 is 14.3 Å². The molecule has 13 heteroatoms. The van der Waals surface area contributed by atoms with Crippen LogP contribution in [0.25, 0.3) is 11.3 Å². The molecule has 3 saturated heterocycles. The molecule has 3 fully saturated rings. The lowest BCUT2D eigenvalue weighted by atomic mass is 9.79. The van der Waals surface area contributed by atoms with Crippen LogP contribution in [0.3, 0.4) is 0 Å². The number of ether oxygens (including phenoxy) is 1. The molecule has 0 aliphatic carbocycles. The number of carbonyl (C=O) groups excluding carboxylic acids is 2. The Morgan fingerprint density at radius 2 is 1.55 bits per heavy atom. The van der Waals surface area contributed by atoms with Crippen LogP contribution in [0.2, 0.25) is 0 Å². The number of aromatic nitrogens is 2. The van der Waals surface area contributed by atoms with Gasteiger partial charge in [-0.3, -0.25) is 9.36 Å². The van der Waals surface area contributed by atoms with Crippen molar-refractivity contribution in [3.8, 4) is 17.0 Å². The number of amides is 3. The number of nitrogens with one attached hydrogen (secondary N) is 2. The monoisotopic (exact) mass is 799 g/mol. The maximum absolute atomic E-state index is 14.1. The average molecular weight is 802 g/mol. The van der Waals surface area contributed by atoms with Crippen molar-refractivity contribution in [3.63, 3.8) is 0 Å². The van der Waals surface area contributed by atoms with E-state index in [4.69, 9.17) is 10.5 Å². The molecule has 11 nitrogen and oxygen atoms in total. The smallest absolute Gasteiger partial charge is 0.326 e. The van der Waals surface area contributed by atoms with Crippen molar-refractivity contribution in [2.75, 3.05) is 59.2 Å². The highest BCUT2D eigenvalue weighted by atomic mass is 79.9. The van der Waals surface area contributed by atoms with E-state index in [1.165, 1.54) is 12.8 Å². The van der Waals surface area contributed by atoms with Crippen molar-refractivity contribution in [1.82, 2.24) is 29.6 Å². The van der Waals surface area contributed by atoms with E-state index >= 15 is 0 Å². The Hall–Kier alpha value is -3.29. The third-order valence-electron chi connectivity index (χ3n) is 10.7. The molecular formula is C36H47Br2N7O4. The minimum absolute atomic E-state index is 0.0417. The molecule has 0 unspecified atom stereocenters. The normalized spacial score (nSPS) is 19.2. The number of likely N-dealkylation sites (tertiary alicyclic amines) is 3. The summed E-state index contributed by atoms with van der Waals surface area (Å²) >= 11 is 7.06. The highest BCUT2D eigenvalue weighted by Gasteiger charge is 2.34. The first-order valence-electron chi connectivity index (χ1n) is 17.3. The van der Waals surface area contributed by atoms with Crippen LogP contribution in [0.15, 0.2) is 56.3 Å². The van der Waals surface area contributed by atoms with Gasteiger partial charge in [-0.2, -0.15) is 0 Å². The first kappa shape index (κ1) is 35.5. The van der Waals surface area contributed by atoms with Gasteiger partial charge >= 0.3 is 11.7 Å². The van der Waals surface area contributed by atoms with Gasteiger partial charge in [-0.05, 0) is 132 Å². The third kappa shape index (κ3) is 8.37. The summed E-state index contributed by atoms with van der Waals surface area (Å²) in [7, 11) is 3.81. The number of urea groups is 1. The summed E-state index contributed by atoms with van der Waals surface area (Å²) in [5.41, 5.74) is 9.05. The Labute approximate surface area is 304 Å². The number of nitrogens with zero attached hydrogens (tertiary/aromatic N) is 4. The van der Waals surface area contributed by atoms with Crippen molar-refractivity contribution >= 4 is 49.5 Å². The molecule has 0 radical (unpaired) electrons. The topological polar surface area (TPSA) is 129 Å². The molecule has 264 valence electrons. The zero-order valence-corrected chi connectivity index (χ0v) is 31.5. The number of aromatic amines is 1. The summed E-state index contributed by atoms with van der Waals surface area (Å²) in [6.45, 7) is 4.68. The molecule has 3 aromatic rings. The van der Waals surface area contributed by atoms with E-state index in [1.54, 1.807) is 16.6 Å². The number of carbonyl (C=O) groups is 2. The summed E-state index contributed by atoms with van der Waals surface area (Å²) in [5.74, 6) is 2.05. The summed E-state index contributed by atoms with van der Waals surface area (Å²) in [6, 6.07) is 10.4. The van der Waals surface area contributed by atoms with Crippen LogP contribution in [0.5, 0.6) is 5.75 Å². The molecule has 4 heterocycles. The molecule has 6 rings (SSSR count). The molecule has 1 atom stereocenters. The average Bonchev–Trinajstić information content (AvgIpc) is 3.51. The Kier molecular flexibility index (Phi) is 11.4. The maximum atomic E-state index is 14.1. The molecule has 3 aliphatic rings. The predicted octanol–water partition coefficient (Wildman–Crippen LogP) is 5.50. The summed E-state index contributed by atoms with van der Waals surface area (Å²) in [4.78, 5) is 49.9. The Bertz CT molecular complexity index is 1660. The first-order chi connectivity index (χ1) is 23.6. The molecule has 3 aliphatic heterocycles. The predicted molar refractivity (Wildman–Crippen MR) is 199 cm³/mol. The van der Waals surface area contributed by atoms with E-state index < -0.39 is 6.04 Å². The summed E-state index contributed by atoms with van der Waals surface area (Å²) < 4.78 is 8.56. The lowest BCUT2D eigenvalue weighted by molar-refractivity contribution is -0.135. The zero-order valence-electron chi connectivity index (χ0n) is 28.3. The number of H-pyrrole nitrogens is 1. The van der Waals surface area contributed by atoms with Gasteiger partial charge in [0.2, 0.25) is 5.91 Å². The lowest BCUT2D eigenvalue weighted by Gasteiger charge is -2.40. The largest absolute Gasteiger partial charge is 0.497 e. The highest BCUT2D eigenvalue weighted by Crippen LogP contribution is 2.34. The number of halogens is 2. The first-order valence-corrected chi connectivity index (χ1v) is 18.9. The molecule has 49 heavy (non-hydrogen) atoms. The molecule has 4 N–H and O–H groups in total. The Balaban J connectivity index is 1.10. The second-order valence-electron chi connectivity index (χ2n) is 13.8. The lowest BCUT2D eigenvalue weighted by Crippen LogP contribution is -2.55. The van der Waals surface area contributed by atoms with Crippen molar-refractivity contribution in [2.45, 2.75) is 57.0 Å². The maximum Gasteiger partial charge on any atom is 0.326 e. The molecule has 1 aromatic heterocycles. The van der Waals surface area contributed by atoms with E-state index in [2.05, 4.69) is 54.1 Å². The van der Waals surface area contributed by atoms with Crippen LogP contribution < -0.4 is 21.5 Å². The number of hydrogen-bond donors (Lipinski definition) is 3. The number of anilines is 1. The van der Waals surface area contributed by atoms with Crippen LogP contribution in [0.1, 0.15) is 50.1 Å². The van der Waals surface area contributed by atoms with Crippen molar-refractivity contribution in [3.05, 3.63) is 67.6 Å². The van der Waals surface area contributed by atoms with Crippen LogP contribution in [-0.4, -0.2) is 95.7 Å². The standard InChI is InChI=1S/C36H47Br2N7O4/c1-42-12-6-24(7-13-42)25-8-14-43(15-9-25)34(46)31(20-23-18-29(37)33(39)30(38)19-23)40-35(47)44-16-10-27(11-17-44)45-22-32(41-36(45)48)26-4-3-5-28(21-26)49-2/h3-5,18-19,21-22,24-25,27,31H,6-17,20,39H2,1-2H3,(H,40,47)(H,41,48)/t31-/m1/s1. The van der Waals surface area contributed by atoms with Gasteiger partial charge in [0.15, 0.2) is 0 Å². The summed E-state index contributed by atoms with van der Waals surface area (Å²) in [6.07, 6.45) is 7.93. The number of piperidine rings is 3. The Morgan fingerprint density at radius 1 is 0.939 bits per heavy atom. The van der Waals surface area contributed by atoms with E-state index in [0.717, 1.165) is 63.4 Å².